The van der Waals surface area contributed by atoms with E-state index in [1.54, 1.807) is 35.4 Å². The van der Waals surface area contributed by atoms with E-state index in [0.29, 0.717) is 17.0 Å². The first-order valence-electron chi connectivity index (χ1n) is 8.80. The van der Waals surface area contributed by atoms with Gasteiger partial charge in [-0.1, -0.05) is 35.9 Å². The van der Waals surface area contributed by atoms with E-state index in [9.17, 15) is 4.79 Å². The SMILES string of the molecule is Cc1ccc(C(=O)N/N=C\c2cn(-c3ccccc3)nc2-c2ccco2)cc1. The third kappa shape index (κ3) is 3.76. The van der Waals surface area contributed by atoms with Crippen LogP contribution < -0.4 is 5.43 Å². The number of nitrogens with one attached hydrogen (secondary N) is 1. The molecule has 0 saturated heterocycles. The van der Waals surface area contributed by atoms with Gasteiger partial charge < -0.3 is 4.42 Å². The molecule has 2 heterocycles. The van der Waals surface area contributed by atoms with Crippen molar-refractivity contribution >= 4 is 12.1 Å². The number of aryl methyl sites for hydroxylation is 1. The molecule has 0 bridgehead atoms. The van der Waals surface area contributed by atoms with Crippen LogP contribution in [-0.4, -0.2) is 21.9 Å². The normalized spacial score (nSPS) is 11.0. The predicted molar refractivity (Wildman–Crippen MR) is 108 cm³/mol. The third-order valence-electron chi connectivity index (χ3n) is 4.20. The van der Waals surface area contributed by atoms with Crippen molar-refractivity contribution in [1.82, 2.24) is 15.2 Å². The summed E-state index contributed by atoms with van der Waals surface area (Å²) in [5.41, 5.74) is 6.48. The second-order valence-corrected chi connectivity index (χ2v) is 6.26. The number of nitrogens with zero attached hydrogens (tertiary/aromatic N) is 3. The molecule has 2 aromatic heterocycles. The Morgan fingerprint density at radius 2 is 1.86 bits per heavy atom. The number of hydrogen-bond acceptors (Lipinski definition) is 4. The Balaban J connectivity index is 1.59. The van der Waals surface area contributed by atoms with Crippen molar-refractivity contribution in [3.63, 3.8) is 0 Å². The molecule has 0 aliphatic heterocycles. The van der Waals surface area contributed by atoms with Gasteiger partial charge in [0.15, 0.2) is 5.76 Å². The Morgan fingerprint density at radius 3 is 2.57 bits per heavy atom. The molecule has 0 spiro atoms. The van der Waals surface area contributed by atoms with Gasteiger partial charge >= 0.3 is 0 Å². The fourth-order valence-corrected chi connectivity index (χ4v) is 2.73. The molecule has 138 valence electrons. The van der Waals surface area contributed by atoms with Gasteiger partial charge in [-0.3, -0.25) is 4.79 Å². The molecule has 28 heavy (non-hydrogen) atoms. The molecule has 0 atom stereocenters. The van der Waals surface area contributed by atoms with Crippen molar-refractivity contribution in [2.75, 3.05) is 0 Å². The van der Waals surface area contributed by atoms with Crippen molar-refractivity contribution in [2.24, 2.45) is 5.10 Å². The van der Waals surface area contributed by atoms with Crippen LogP contribution >= 0.6 is 0 Å². The number of para-hydroxylation sites is 1. The lowest BCUT2D eigenvalue weighted by Crippen LogP contribution is -2.17. The van der Waals surface area contributed by atoms with Crippen LogP contribution in [0.5, 0.6) is 0 Å². The zero-order valence-corrected chi connectivity index (χ0v) is 15.2. The molecule has 1 amide bonds. The van der Waals surface area contributed by atoms with E-state index in [-0.39, 0.29) is 5.91 Å². The summed E-state index contributed by atoms with van der Waals surface area (Å²) in [6.45, 7) is 1.97. The Labute approximate surface area is 162 Å². The van der Waals surface area contributed by atoms with Crippen LogP contribution in [0, 0.1) is 6.92 Å². The second kappa shape index (κ2) is 7.75. The van der Waals surface area contributed by atoms with Gasteiger partial charge in [-0.2, -0.15) is 10.2 Å². The predicted octanol–water partition coefficient (Wildman–Crippen LogP) is 4.20. The zero-order chi connectivity index (χ0) is 19.3. The lowest BCUT2D eigenvalue weighted by Gasteiger charge is -2.00. The van der Waals surface area contributed by atoms with Gasteiger partial charge in [0.2, 0.25) is 0 Å². The minimum Gasteiger partial charge on any atom is -0.463 e. The molecule has 2 aromatic carbocycles. The molecule has 0 unspecified atom stereocenters. The van der Waals surface area contributed by atoms with E-state index in [0.717, 1.165) is 16.8 Å². The highest BCUT2D eigenvalue weighted by Crippen LogP contribution is 2.23. The first-order valence-corrected chi connectivity index (χ1v) is 8.80. The standard InChI is InChI=1S/C22H18N4O2/c1-16-9-11-17(12-10-16)22(27)24-23-14-18-15-26(19-6-3-2-4-7-19)25-21(18)20-8-5-13-28-20/h2-15H,1H3,(H,24,27)/b23-14-. The molecule has 4 rings (SSSR count). The maximum absolute atomic E-state index is 12.2. The monoisotopic (exact) mass is 370 g/mol. The highest BCUT2D eigenvalue weighted by Gasteiger charge is 2.13. The molecule has 4 aromatic rings. The second-order valence-electron chi connectivity index (χ2n) is 6.26. The van der Waals surface area contributed by atoms with E-state index < -0.39 is 0 Å². The summed E-state index contributed by atoms with van der Waals surface area (Å²) in [6, 6.07) is 20.7. The topological polar surface area (TPSA) is 72.4 Å². The Hall–Kier alpha value is -3.93. The van der Waals surface area contributed by atoms with Gasteiger partial charge in [0.05, 0.1) is 18.2 Å². The molecule has 0 aliphatic rings. The number of hydrazone groups is 1. The molecule has 6 nitrogen and oxygen atoms in total. The molecular weight excluding hydrogens is 352 g/mol. The number of aromatic nitrogens is 2. The van der Waals surface area contributed by atoms with Gasteiger partial charge in [-0.25, -0.2) is 10.1 Å². The quantitative estimate of drug-likeness (QED) is 0.423. The highest BCUT2D eigenvalue weighted by molar-refractivity contribution is 5.95. The zero-order valence-electron chi connectivity index (χ0n) is 15.2. The van der Waals surface area contributed by atoms with Gasteiger partial charge in [0.25, 0.3) is 5.91 Å². The Morgan fingerprint density at radius 1 is 1.07 bits per heavy atom. The van der Waals surface area contributed by atoms with Crippen molar-refractivity contribution in [2.45, 2.75) is 6.92 Å². The largest absolute Gasteiger partial charge is 0.463 e. The third-order valence-corrected chi connectivity index (χ3v) is 4.20. The fourth-order valence-electron chi connectivity index (χ4n) is 2.73. The number of carbonyl (C=O) groups excluding carboxylic acids is 1. The minimum absolute atomic E-state index is 0.272. The average Bonchev–Trinajstić information content (AvgIpc) is 3.39. The molecule has 0 radical (unpaired) electrons. The van der Waals surface area contributed by atoms with Crippen LogP contribution in [0.1, 0.15) is 21.5 Å². The molecule has 0 fully saturated rings. The molecule has 0 aliphatic carbocycles. The summed E-state index contributed by atoms with van der Waals surface area (Å²) in [5, 5.41) is 8.71. The summed E-state index contributed by atoms with van der Waals surface area (Å²) in [6.07, 6.45) is 5.00. The van der Waals surface area contributed by atoms with Crippen LogP contribution in [0.3, 0.4) is 0 Å². The van der Waals surface area contributed by atoms with Crippen LogP contribution in [0.2, 0.25) is 0 Å². The molecule has 6 heteroatoms. The number of hydrogen-bond donors (Lipinski definition) is 1. The first kappa shape index (κ1) is 17.5. The summed E-state index contributed by atoms with van der Waals surface area (Å²) < 4.78 is 7.24. The smallest absolute Gasteiger partial charge is 0.271 e. The summed E-state index contributed by atoms with van der Waals surface area (Å²) >= 11 is 0. The highest BCUT2D eigenvalue weighted by atomic mass is 16.3. The van der Waals surface area contributed by atoms with Crippen LogP contribution in [0.25, 0.3) is 17.1 Å². The van der Waals surface area contributed by atoms with Crippen molar-refractivity contribution in [3.05, 3.63) is 95.9 Å². The van der Waals surface area contributed by atoms with E-state index in [1.165, 1.54) is 0 Å². The number of amides is 1. The van der Waals surface area contributed by atoms with Crippen molar-refractivity contribution in [1.29, 1.82) is 0 Å². The van der Waals surface area contributed by atoms with E-state index in [1.807, 2.05) is 61.7 Å². The van der Waals surface area contributed by atoms with Crippen LogP contribution in [0.4, 0.5) is 0 Å². The van der Waals surface area contributed by atoms with Gasteiger partial charge in [-0.15, -0.1) is 0 Å². The van der Waals surface area contributed by atoms with E-state index in [2.05, 4.69) is 15.6 Å². The maximum atomic E-state index is 12.2. The summed E-state index contributed by atoms with van der Waals surface area (Å²) in [7, 11) is 0. The van der Waals surface area contributed by atoms with Crippen molar-refractivity contribution in [3.8, 4) is 17.1 Å². The lowest BCUT2D eigenvalue weighted by molar-refractivity contribution is 0.0955. The summed E-state index contributed by atoms with van der Waals surface area (Å²) in [5.74, 6) is 0.354. The minimum atomic E-state index is -0.272. The Kier molecular flexibility index (Phi) is 4.84. The number of rotatable bonds is 5. The summed E-state index contributed by atoms with van der Waals surface area (Å²) in [4.78, 5) is 12.2. The van der Waals surface area contributed by atoms with E-state index in [4.69, 9.17) is 4.42 Å². The Bertz CT molecular complexity index is 1100. The number of benzene rings is 2. The van der Waals surface area contributed by atoms with Gasteiger partial charge in [0.1, 0.15) is 5.69 Å². The van der Waals surface area contributed by atoms with Crippen LogP contribution in [0.15, 0.2) is 88.7 Å². The maximum Gasteiger partial charge on any atom is 0.271 e. The molecule has 0 saturated carbocycles. The van der Waals surface area contributed by atoms with Gasteiger partial charge in [-0.05, 0) is 43.3 Å². The fraction of sp³-hybridized carbons (Fsp3) is 0.0455. The van der Waals surface area contributed by atoms with E-state index >= 15 is 0 Å². The number of furan rings is 1. The van der Waals surface area contributed by atoms with Crippen molar-refractivity contribution < 1.29 is 9.21 Å². The molecule has 1 N–H and O–H groups in total. The molecular formula is C22H18N4O2. The average molecular weight is 370 g/mol. The van der Waals surface area contributed by atoms with Crippen LogP contribution in [-0.2, 0) is 0 Å². The lowest BCUT2D eigenvalue weighted by atomic mass is 10.1. The number of carbonyl (C=O) groups is 1. The first-order chi connectivity index (χ1) is 13.7. The van der Waals surface area contributed by atoms with Gasteiger partial charge in [0, 0.05) is 17.3 Å².